The Labute approximate surface area is 150 Å². The Kier molecular flexibility index (Phi) is 7.07. The molecule has 0 radical (unpaired) electrons. The van der Waals surface area contributed by atoms with E-state index in [1.54, 1.807) is 0 Å². The van der Waals surface area contributed by atoms with Crippen molar-refractivity contribution < 1.29 is 4.74 Å². The van der Waals surface area contributed by atoms with E-state index in [1.165, 1.54) is 5.56 Å². The first-order chi connectivity index (χ1) is 11.5. The molecule has 2 N–H and O–H groups in total. The van der Waals surface area contributed by atoms with Gasteiger partial charge in [0.05, 0.1) is 6.10 Å². The van der Waals surface area contributed by atoms with Crippen LogP contribution in [0.1, 0.15) is 32.8 Å². The first kappa shape index (κ1) is 18.3. The summed E-state index contributed by atoms with van der Waals surface area (Å²) in [5.74, 6) is 0.866. The Morgan fingerprint density at radius 1 is 1.00 bits per heavy atom. The van der Waals surface area contributed by atoms with Gasteiger partial charge in [-0.25, -0.2) is 0 Å². The molecule has 0 unspecified atom stereocenters. The number of thiocarbonyl (C=S) groups is 1. The molecule has 2 aromatic carbocycles. The zero-order valence-corrected chi connectivity index (χ0v) is 15.4. The molecule has 128 valence electrons. The van der Waals surface area contributed by atoms with Crippen LogP contribution >= 0.6 is 12.2 Å². The summed E-state index contributed by atoms with van der Waals surface area (Å²) in [6.45, 7) is 6.18. The minimum Gasteiger partial charge on any atom is -0.491 e. The van der Waals surface area contributed by atoms with Crippen LogP contribution in [0.3, 0.4) is 0 Å². The number of aryl methyl sites for hydroxylation is 1. The zero-order valence-electron chi connectivity index (χ0n) is 14.6. The Morgan fingerprint density at radius 3 is 2.29 bits per heavy atom. The second-order valence-corrected chi connectivity index (χ2v) is 6.62. The average Bonchev–Trinajstić information content (AvgIpc) is 2.55. The predicted molar refractivity (Wildman–Crippen MR) is 106 cm³/mol. The highest BCUT2D eigenvalue weighted by Crippen LogP contribution is 2.17. The fraction of sp³-hybridized carbons (Fsp3) is 0.350. The number of hydrogen-bond acceptors (Lipinski definition) is 2. The third-order valence-electron chi connectivity index (χ3n) is 3.57. The molecule has 2 rings (SSSR count). The van der Waals surface area contributed by atoms with Crippen LogP contribution in [0.25, 0.3) is 0 Å². The minimum absolute atomic E-state index is 0.178. The number of anilines is 1. The highest BCUT2D eigenvalue weighted by Gasteiger charge is 2.05. The maximum atomic E-state index is 5.64. The molecule has 0 aliphatic rings. The zero-order chi connectivity index (χ0) is 17.4. The number of nitrogens with one attached hydrogen (secondary N) is 2. The normalized spacial score (nSPS) is 11.8. The molecule has 4 heteroatoms. The van der Waals surface area contributed by atoms with E-state index in [2.05, 4.69) is 41.8 Å². The monoisotopic (exact) mass is 342 g/mol. The maximum Gasteiger partial charge on any atom is 0.170 e. The number of hydrogen-bond donors (Lipinski definition) is 2. The van der Waals surface area contributed by atoms with Crippen LogP contribution in [-0.2, 0) is 6.42 Å². The van der Waals surface area contributed by atoms with Crippen molar-refractivity contribution in [2.75, 3.05) is 5.32 Å². The summed E-state index contributed by atoms with van der Waals surface area (Å²) in [5, 5.41) is 7.20. The van der Waals surface area contributed by atoms with E-state index in [1.807, 2.05) is 44.2 Å². The van der Waals surface area contributed by atoms with Crippen molar-refractivity contribution in [3.8, 4) is 5.75 Å². The fourth-order valence-electron chi connectivity index (χ4n) is 2.38. The van der Waals surface area contributed by atoms with Gasteiger partial charge in [-0.3, -0.25) is 0 Å². The van der Waals surface area contributed by atoms with Crippen LogP contribution in [0, 0.1) is 0 Å². The van der Waals surface area contributed by atoms with E-state index in [-0.39, 0.29) is 6.10 Å². The highest BCUT2D eigenvalue weighted by atomic mass is 32.1. The quantitative estimate of drug-likeness (QED) is 0.709. The average molecular weight is 343 g/mol. The van der Waals surface area contributed by atoms with Crippen LogP contribution in [-0.4, -0.2) is 17.3 Å². The number of ether oxygens (including phenoxy) is 1. The molecule has 2 aromatic rings. The van der Waals surface area contributed by atoms with Crippen molar-refractivity contribution in [2.24, 2.45) is 0 Å². The summed E-state index contributed by atoms with van der Waals surface area (Å²) in [4.78, 5) is 0. The molecule has 0 fully saturated rings. The molecule has 1 atom stereocenters. The van der Waals surface area contributed by atoms with E-state index < -0.39 is 0 Å². The molecule has 0 saturated carbocycles. The van der Waals surface area contributed by atoms with E-state index in [9.17, 15) is 0 Å². The lowest BCUT2D eigenvalue weighted by molar-refractivity contribution is 0.242. The van der Waals surface area contributed by atoms with Gasteiger partial charge in [-0.15, -0.1) is 0 Å². The Bertz CT molecular complexity index is 626. The molecule has 24 heavy (non-hydrogen) atoms. The topological polar surface area (TPSA) is 33.3 Å². The van der Waals surface area contributed by atoms with Crippen molar-refractivity contribution in [1.82, 2.24) is 5.32 Å². The van der Waals surface area contributed by atoms with Gasteiger partial charge in [0.2, 0.25) is 0 Å². The molecule has 0 aromatic heterocycles. The number of rotatable bonds is 7. The lowest BCUT2D eigenvalue weighted by Gasteiger charge is -2.17. The standard InChI is InChI=1S/C20H26N2OS/c1-15(2)23-19-13-11-18(12-14-19)22-20(24)21-16(3)9-10-17-7-5-4-6-8-17/h4-8,11-16H,9-10H2,1-3H3,(H2,21,22,24)/t16-/m1/s1. The van der Waals surface area contributed by atoms with Gasteiger partial charge in [0.1, 0.15) is 5.75 Å². The van der Waals surface area contributed by atoms with Gasteiger partial charge in [0.25, 0.3) is 0 Å². The highest BCUT2D eigenvalue weighted by molar-refractivity contribution is 7.80. The van der Waals surface area contributed by atoms with Gasteiger partial charge in [-0.05, 0) is 75.7 Å². The van der Waals surface area contributed by atoms with E-state index >= 15 is 0 Å². The van der Waals surface area contributed by atoms with Crippen molar-refractivity contribution in [1.29, 1.82) is 0 Å². The second kappa shape index (κ2) is 9.28. The minimum atomic E-state index is 0.178. The summed E-state index contributed by atoms with van der Waals surface area (Å²) in [5.41, 5.74) is 2.31. The van der Waals surface area contributed by atoms with E-state index in [4.69, 9.17) is 17.0 Å². The SMILES string of the molecule is CC(C)Oc1ccc(NC(=S)N[C@H](C)CCc2ccccc2)cc1. The number of benzene rings is 2. The first-order valence-electron chi connectivity index (χ1n) is 8.41. The molecule has 0 heterocycles. The maximum absolute atomic E-state index is 5.64. The largest absolute Gasteiger partial charge is 0.491 e. The second-order valence-electron chi connectivity index (χ2n) is 6.21. The van der Waals surface area contributed by atoms with Crippen LogP contribution in [0.4, 0.5) is 5.69 Å². The molecule has 0 amide bonds. The van der Waals surface area contributed by atoms with Crippen LogP contribution in [0.2, 0.25) is 0 Å². The van der Waals surface area contributed by atoms with Crippen molar-refractivity contribution >= 4 is 23.0 Å². The summed E-state index contributed by atoms with van der Waals surface area (Å²) in [6, 6.07) is 18.7. The van der Waals surface area contributed by atoms with Gasteiger partial charge in [-0.2, -0.15) is 0 Å². The Balaban J connectivity index is 1.75. The fourth-order valence-corrected chi connectivity index (χ4v) is 2.70. The molecule has 0 aliphatic carbocycles. The van der Waals surface area contributed by atoms with Gasteiger partial charge < -0.3 is 15.4 Å². The molecule has 0 aliphatic heterocycles. The summed E-state index contributed by atoms with van der Waals surface area (Å²) < 4.78 is 5.64. The van der Waals surface area contributed by atoms with Crippen LogP contribution in [0.5, 0.6) is 5.75 Å². The molecular formula is C20H26N2OS. The van der Waals surface area contributed by atoms with Crippen molar-refractivity contribution in [2.45, 2.75) is 45.8 Å². The smallest absolute Gasteiger partial charge is 0.170 e. The molecular weight excluding hydrogens is 316 g/mol. The summed E-state index contributed by atoms with van der Waals surface area (Å²) >= 11 is 5.39. The Hall–Kier alpha value is -2.07. The Morgan fingerprint density at radius 2 is 1.67 bits per heavy atom. The van der Waals surface area contributed by atoms with Gasteiger partial charge in [0.15, 0.2) is 5.11 Å². The van der Waals surface area contributed by atoms with Gasteiger partial charge in [0, 0.05) is 11.7 Å². The van der Waals surface area contributed by atoms with Crippen LogP contribution in [0.15, 0.2) is 54.6 Å². The van der Waals surface area contributed by atoms with E-state index in [0.29, 0.717) is 11.2 Å². The predicted octanol–water partition coefficient (Wildman–Crippen LogP) is 4.78. The van der Waals surface area contributed by atoms with Crippen LogP contribution < -0.4 is 15.4 Å². The lowest BCUT2D eigenvalue weighted by atomic mass is 10.1. The van der Waals surface area contributed by atoms with Crippen molar-refractivity contribution in [3.05, 3.63) is 60.2 Å². The van der Waals surface area contributed by atoms with E-state index in [0.717, 1.165) is 24.3 Å². The molecule has 0 spiro atoms. The van der Waals surface area contributed by atoms with Crippen molar-refractivity contribution in [3.63, 3.8) is 0 Å². The molecule has 0 bridgehead atoms. The third kappa shape index (κ3) is 6.59. The lowest BCUT2D eigenvalue weighted by Crippen LogP contribution is -2.36. The summed E-state index contributed by atoms with van der Waals surface area (Å²) in [6.07, 6.45) is 2.25. The molecule has 3 nitrogen and oxygen atoms in total. The third-order valence-corrected chi connectivity index (χ3v) is 3.79. The first-order valence-corrected chi connectivity index (χ1v) is 8.82. The van der Waals surface area contributed by atoms with Gasteiger partial charge in [-0.1, -0.05) is 30.3 Å². The summed E-state index contributed by atoms with van der Waals surface area (Å²) in [7, 11) is 0. The van der Waals surface area contributed by atoms with Gasteiger partial charge >= 0.3 is 0 Å². The molecule has 0 saturated heterocycles.